The predicted octanol–water partition coefficient (Wildman–Crippen LogP) is -25.9. The predicted molar refractivity (Wildman–Crippen MR) is 51.4 cm³/mol. The Hall–Kier alpha value is 3.82. The van der Waals surface area contributed by atoms with Crippen molar-refractivity contribution in [1.29, 1.82) is 0 Å². The maximum absolute atomic E-state index is 8.55. The third-order valence-corrected chi connectivity index (χ3v) is 0. The summed E-state index contributed by atoms with van der Waals surface area (Å²) in [5.74, 6) is 0. The average Bonchev–Trinajstić information content (AvgIpc) is 1.12. The fraction of sp³-hybridized carbons (Fsp3) is 0. The molecule has 20 N–H and O–H groups in total. The third-order valence-electron chi connectivity index (χ3n) is 0. The fourth-order valence-corrected chi connectivity index (χ4v) is 0. The van der Waals surface area contributed by atoms with Gasteiger partial charge in [0.15, 0.2) is 0 Å². The summed E-state index contributed by atoms with van der Waals surface area (Å²) >= 11 is 0. The molecule has 0 fully saturated rings. The molecule has 0 unspecified atom stereocenters. The van der Waals surface area contributed by atoms with Gasteiger partial charge in [-0.25, -0.2) is 0 Å². The Morgan fingerprint density at radius 2 is 0.333 bits per heavy atom. The van der Waals surface area contributed by atoms with Crippen molar-refractivity contribution >= 4 is 15.6 Å². The minimum Gasteiger partial charge on any atom is -0.822 e. The molecule has 0 bridgehead atoms. The minimum atomic E-state index is -5.39. The van der Waals surface area contributed by atoms with Crippen molar-refractivity contribution in [3.05, 3.63) is 0 Å². The van der Waals surface area contributed by atoms with Gasteiger partial charge in [-0.15, -0.1) is 0 Å². The molecule has 0 aromatic rings. The molecular formula is H20Na4O18P2-2. The molecular weight excluding hydrogens is 442 g/mol. The Kier molecular flexibility index (Phi) is 426. The molecule has 0 aliphatic carbocycles. The van der Waals surface area contributed by atoms with Crippen LogP contribution in [0.1, 0.15) is 0 Å². The van der Waals surface area contributed by atoms with E-state index in [1.165, 1.54) is 0 Å². The molecule has 0 saturated carbocycles. The van der Waals surface area contributed by atoms with Gasteiger partial charge in [-0.1, -0.05) is 0 Å². The number of hydrogen-bond donors (Lipinski definition) is 0. The minimum absolute atomic E-state index is 0. The van der Waals surface area contributed by atoms with E-state index in [0.29, 0.717) is 0 Å². The van der Waals surface area contributed by atoms with Crippen LogP contribution in [0.3, 0.4) is 0 Å². The van der Waals surface area contributed by atoms with Crippen LogP contribution in [0, 0.1) is 0 Å². The van der Waals surface area contributed by atoms with Gasteiger partial charge in [-0.2, -0.15) is 15.6 Å². The Balaban J connectivity index is -0.00000000241. The van der Waals surface area contributed by atoms with Gasteiger partial charge in [0, 0.05) is 0 Å². The molecule has 0 aromatic carbocycles. The van der Waals surface area contributed by atoms with E-state index >= 15 is 0 Å². The summed E-state index contributed by atoms with van der Waals surface area (Å²) in [5.41, 5.74) is 0. The second-order valence-electron chi connectivity index (χ2n) is 0.894. The molecule has 0 radical (unpaired) electrons. The van der Waals surface area contributed by atoms with Crippen LogP contribution >= 0.6 is 15.6 Å². The first kappa shape index (κ1) is 143. The van der Waals surface area contributed by atoms with Gasteiger partial charge in [0.1, 0.15) is 0 Å². The molecule has 18 nitrogen and oxygen atoms in total. The van der Waals surface area contributed by atoms with Crippen LogP contribution in [0.4, 0.5) is 0 Å². The quantitative estimate of drug-likeness (QED) is 0.245. The summed E-state index contributed by atoms with van der Waals surface area (Å²) in [6.45, 7) is 0. The van der Waals surface area contributed by atoms with Crippen LogP contribution in [0.5, 0.6) is 0 Å². The molecule has 24 heteroatoms. The Labute approximate surface area is 224 Å². The monoisotopic (exact) mass is 462 g/mol. The zero-order chi connectivity index (χ0) is 9.00. The van der Waals surface area contributed by atoms with E-state index in [2.05, 4.69) is 0 Å². The van der Waals surface area contributed by atoms with Crippen molar-refractivity contribution in [1.82, 2.24) is 0 Å². The van der Waals surface area contributed by atoms with Gasteiger partial charge in [0.2, 0.25) is 0 Å². The van der Waals surface area contributed by atoms with Crippen LogP contribution in [-0.4, -0.2) is 54.8 Å². The van der Waals surface area contributed by atoms with Crippen LogP contribution < -0.4 is 148 Å². The topological polar surface area (TPSA) is 488 Å². The molecule has 0 aliphatic heterocycles. The normalized spacial score (nSPS) is 4.92. The smallest absolute Gasteiger partial charge is 0.822 e. The summed E-state index contributed by atoms with van der Waals surface area (Å²) in [6.07, 6.45) is 0. The third kappa shape index (κ3) is 1090. The molecule has 0 atom stereocenters. The van der Waals surface area contributed by atoms with E-state index in [1.807, 2.05) is 0 Å². The van der Waals surface area contributed by atoms with Gasteiger partial charge < -0.3 is 93.3 Å². The van der Waals surface area contributed by atoms with Crippen molar-refractivity contribution in [2.24, 2.45) is 0 Å². The van der Waals surface area contributed by atoms with E-state index in [-0.39, 0.29) is 173 Å². The van der Waals surface area contributed by atoms with Crippen molar-refractivity contribution in [2.45, 2.75) is 0 Å². The zero-order valence-corrected chi connectivity index (χ0v) is 22.9. The van der Waals surface area contributed by atoms with Crippen molar-refractivity contribution in [3.63, 3.8) is 0 Å². The second kappa shape index (κ2) is 71.4. The van der Waals surface area contributed by atoms with Crippen LogP contribution in [0.15, 0.2) is 0 Å². The first-order valence-corrected chi connectivity index (χ1v) is 4.38. The van der Waals surface area contributed by atoms with Crippen LogP contribution in [-0.2, 0) is 9.13 Å². The largest absolute Gasteiger partial charge is 1.00 e. The average molecular weight is 462 g/mol. The van der Waals surface area contributed by atoms with Gasteiger partial charge in [-0.3, -0.25) is 0 Å². The molecule has 0 spiro atoms. The van der Waals surface area contributed by atoms with Gasteiger partial charge in [0.05, 0.1) is 0 Å². The van der Waals surface area contributed by atoms with Crippen LogP contribution in [0.25, 0.3) is 0 Å². The van der Waals surface area contributed by atoms with Gasteiger partial charge >= 0.3 is 118 Å². The van der Waals surface area contributed by atoms with Gasteiger partial charge in [0.25, 0.3) is 0 Å². The summed E-state index contributed by atoms with van der Waals surface area (Å²) in [4.78, 5) is 51.3. The standard InChI is InChI=1S/4Na.2H3O4P.10H2O/c;;;;2*1-5(2,3)4;;;;;;;;;;/h;;;;2*(H3,1,2,3,4);10*1H2/q4*+1;;;;;;;;;;;;/p-6. The molecule has 144 valence electrons. The summed E-state index contributed by atoms with van der Waals surface area (Å²) in [5, 5.41) is 0. The first-order valence-electron chi connectivity index (χ1n) is 1.46. The summed E-state index contributed by atoms with van der Waals surface area (Å²) in [7, 11) is -10.8. The molecule has 24 heavy (non-hydrogen) atoms. The second-order valence-corrected chi connectivity index (χ2v) is 2.68. The molecule has 0 aromatic heterocycles. The molecule has 0 amide bonds. The van der Waals surface area contributed by atoms with E-state index in [1.54, 1.807) is 0 Å². The maximum atomic E-state index is 8.55. The molecule has 0 heterocycles. The van der Waals surface area contributed by atoms with Gasteiger partial charge in [-0.05, 0) is 0 Å². The van der Waals surface area contributed by atoms with E-state index in [9.17, 15) is 0 Å². The number of hydrogen-bond acceptors (Lipinski definition) is 8. The van der Waals surface area contributed by atoms with E-state index in [0.717, 1.165) is 0 Å². The fourth-order valence-electron chi connectivity index (χ4n) is 0. The number of phosphoric acid groups is 2. The number of rotatable bonds is 0. The Bertz CT molecular complexity index is 137. The summed E-state index contributed by atoms with van der Waals surface area (Å²) in [6, 6.07) is 0. The Morgan fingerprint density at radius 1 is 0.333 bits per heavy atom. The van der Waals surface area contributed by atoms with Crippen molar-refractivity contribution in [2.75, 3.05) is 0 Å². The summed E-state index contributed by atoms with van der Waals surface area (Å²) < 4.78 is 17.1. The SMILES string of the molecule is O.O.O.O.O.O.O.O.O.O.O=P([O-])([O-])[O-].O=P([O-])([O-])[O-].[Na+].[Na+].[Na+].[Na+]. The molecule has 0 aliphatic rings. The Morgan fingerprint density at radius 3 is 0.333 bits per heavy atom. The van der Waals surface area contributed by atoms with Crippen LogP contribution in [0.2, 0.25) is 0 Å². The zero-order valence-electron chi connectivity index (χ0n) is 13.2. The van der Waals surface area contributed by atoms with E-state index < -0.39 is 15.6 Å². The molecule has 0 rings (SSSR count). The van der Waals surface area contributed by atoms with Crippen molar-refractivity contribution in [3.8, 4) is 0 Å². The van der Waals surface area contributed by atoms with E-state index in [4.69, 9.17) is 38.5 Å². The first-order chi connectivity index (χ1) is 4.00. The molecule has 0 saturated heterocycles. The maximum Gasteiger partial charge on any atom is 1.00 e. The van der Waals surface area contributed by atoms with Crippen molar-refractivity contribution < 1.29 is 211 Å².